The first-order chi connectivity index (χ1) is 9.29. The second kappa shape index (κ2) is 5.82. The highest BCUT2D eigenvalue weighted by molar-refractivity contribution is 7.92. The number of nitrogens with one attached hydrogen (secondary N) is 1. The van der Waals surface area contributed by atoms with E-state index in [1.165, 1.54) is 24.3 Å². The maximum absolute atomic E-state index is 12.2. The summed E-state index contributed by atoms with van der Waals surface area (Å²) in [5.74, 6) is 0. The summed E-state index contributed by atoms with van der Waals surface area (Å²) in [5, 5.41) is 0.549. The molecular weight excluding hydrogens is 341 g/mol. The van der Waals surface area contributed by atoms with Crippen LogP contribution in [0.15, 0.2) is 41.3 Å². The minimum atomic E-state index is -3.69. The molecule has 0 saturated carbocycles. The molecule has 0 aliphatic heterocycles. The van der Waals surface area contributed by atoms with Crippen LogP contribution >= 0.6 is 34.8 Å². The Hall–Kier alpha value is -0.940. The highest BCUT2D eigenvalue weighted by atomic mass is 35.5. The molecule has 0 atom stereocenters. The summed E-state index contributed by atoms with van der Waals surface area (Å²) in [7, 11) is -3.69. The third-order valence-corrected chi connectivity index (χ3v) is 5.16. The molecule has 0 aliphatic carbocycles. The first-order valence-corrected chi connectivity index (χ1v) is 8.15. The van der Waals surface area contributed by atoms with Gasteiger partial charge in [0.15, 0.2) is 0 Å². The van der Waals surface area contributed by atoms with Crippen LogP contribution in [-0.4, -0.2) is 8.42 Å². The Morgan fingerprint density at radius 1 is 0.950 bits per heavy atom. The second-order valence-corrected chi connectivity index (χ2v) is 7.05. The van der Waals surface area contributed by atoms with Crippen molar-refractivity contribution < 1.29 is 8.42 Å². The molecule has 1 N–H and O–H groups in total. The topological polar surface area (TPSA) is 46.2 Å². The van der Waals surface area contributed by atoms with E-state index < -0.39 is 10.0 Å². The van der Waals surface area contributed by atoms with Gasteiger partial charge in [0.1, 0.15) is 0 Å². The van der Waals surface area contributed by atoms with Gasteiger partial charge in [-0.15, -0.1) is 0 Å². The molecule has 2 rings (SSSR count). The third-order valence-electron chi connectivity index (χ3n) is 2.57. The van der Waals surface area contributed by atoms with Crippen molar-refractivity contribution in [3.8, 4) is 0 Å². The molecule has 0 aromatic heterocycles. The summed E-state index contributed by atoms with van der Waals surface area (Å²) >= 11 is 17.5. The van der Waals surface area contributed by atoms with Crippen molar-refractivity contribution in [3.05, 3.63) is 57.0 Å². The van der Waals surface area contributed by atoms with E-state index in [9.17, 15) is 8.42 Å². The zero-order chi connectivity index (χ0) is 14.9. The lowest BCUT2D eigenvalue weighted by Gasteiger charge is -2.10. The number of halogens is 3. The quantitative estimate of drug-likeness (QED) is 0.811. The van der Waals surface area contributed by atoms with Crippen LogP contribution in [-0.2, 0) is 10.0 Å². The maximum Gasteiger partial charge on any atom is 0.261 e. The van der Waals surface area contributed by atoms with Crippen LogP contribution in [0.5, 0.6) is 0 Å². The molecule has 0 bridgehead atoms. The summed E-state index contributed by atoms with van der Waals surface area (Å²) in [6.07, 6.45) is 0. The van der Waals surface area contributed by atoms with Gasteiger partial charge in [-0.1, -0.05) is 52.5 Å². The van der Waals surface area contributed by atoms with E-state index in [1.54, 1.807) is 12.1 Å². The van der Waals surface area contributed by atoms with Gasteiger partial charge in [-0.3, -0.25) is 4.72 Å². The second-order valence-electron chi connectivity index (χ2n) is 4.17. The van der Waals surface area contributed by atoms with E-state index in [4.69, 9.17) is 34.8 Å². The van der Waals surface area contributed by atoms with Gasteiger partial charge in [-0.05, 0) is 31.2 Å². The molecule has 2 aromatic carbocycles. The molecule has 0 unspecified atom stereocenters. The van der Waals surface area contributed by atoms with Gasteiger partial charge in [0.2, 0.25) is 0 Å². The van der Waals surface area contributed by atoms with Gasteiger partial charge in [-0.25, -0.2) is 8.42 Å². The number of benzene rings is 2. The fourth-order valence-corrected chi connectivity index (χ4v) is 3.18. The average molecular weight is 351 g/mol. The van der Waals surface area contributed by atoms with Crippen molar-refractivity contribution in [1.82, 2.24) is 0 Å². The fourth-order valence-electron chi connectivity index (χ4n) is 1.55. The molecule has 0 spiro atoms. The Morgan fingerprint density at radius 2 is 1.45 bits per heavy atom. The largest absolute Gasteiger partial charge is 0.280 e. The van der Waals surface area contributed by atoms with Crippen LogP contribution in [0.2, 0.25) is 15.1 Å². The van der Waals surface area contributed by atoms with E-state index in [1.807, 2.05) is 6.92 Å². The van der Waals surface area contributed by atoms with E-state index in [0.29, 0.717) is 0 Å². The smallest absolute Gasteiger partial charge is 0.261 e. The number of hydrogen-bond donors (Lipinski definition) is 1. The van der Waals surface area contributed by atoms with E-state index in [-0.39, 0.29) is 25.7 Å². The van der Waals surface area contributed by atoms with Crippen LogP contribution in [0.3, 0.4) is 0 Å². The van der Waals surface area contributed by atoms with Crippen LogP contribution in [0.25, 0.3) is 0 Å². The first kappa shape index (κ1) is 15.4. The maximum atomic E-state index is 12.2. The van der Waals surface area contributed by atoms with Gasteiger partial charge < -0.3 is 0 Å². The fraction of sp³-hybridized carbons (Fsp3) is 0.0769. The lowest BCUT2D eigenvalue weighted by atomic mass is 10.2. The molecule has 0 aliphatic rings. The molecular formula is C13H10Cl3NO2S. The van der Waals surface area contributed by atoms with Crippen LogP contribution in [0.4, 0.5) is 5.69 Å². The average Bonchev–Trinajstić information content (AvgIpc) is 2.36. The van der Waals surface area contributed by atoms with Gasteiger partial charge in [-0.2, -0.15) is 0 Å². The predicted octanol–water partition coefficient (Wildman–Crippen LogP) is 4.76. The molecule has 0 radical (unpaired) electrons. The Bertz CT molecular complexity index is 720. The molecule has 0 amide bonds. The normalized spacial score (nSPS) is 11.4. The zero-order valence-electron chi connectivity index (χ0n) is 10.3. The molecule has 3 nitrogen and oxygen atoms in total. The molecule has 0 fully saturated rings. The Labute approximate surface area is 132 Å². The summed E-state index contributed by atoms with van der Waals surface area (Å²) in [5.41, 5.74) is 1.23. The first-order valence-electron chi connectivity index (χ1n) is 5.53. The zero-order valence-corrected chi connectivity index (χ0v) is 13.4. The number of rotatable bonds is 3. The lowest BCUT2D eigenvalue weighted by Crippen LogP contribution is -2.12. The van der Waals surface area contributed by atoms with E-state index >= 15 is 0 Å². The number of sulfonamides is 1. The highest BCUT2D eigenvalue weighted by Gasteiger charge is 2.15. The third kappa shape index (κ3) is 3.38. The highest BCUT2D eigenvalue weighted by Crippen LogP contribution is 2.33. The van der Waals surface area contributed by atoms with Crippen molar-refractivity contribution in [3.63, 3.8) is 0 Å². The van der Waals surface area contributed by atoms with Crippen molar-refractivity contribution >= 4 is 50.5 Å². The van der Waals surface area contributed by atoms with Gasteiger partial charge >= 0.3 is 0 Å². The van der Waals surface area contributed by atoms with Crippen molar-refractivity contribution in [2.24, 2.45) is 0 Å². The van der Waals surface area contributed by atoms with Crippen molar-refractivity contribution in [1.29, 1.82) is 0 Å². The van der Waals surface area contributed by atoms with E-state index in [2.05, 4.69) is 4.72 Å². The SMILES string of the molecule is Cc1ccc(S(=O)(=O)Nc2cc(Cl)c(Cl)c(Cl)c2)cc1. The molecule has 20 heavy (non-hydrogen) atoms. The van der Waals surface area contributed by atoms with Crippen LogP contribution in [0, 0.1) is 6.92 Å². The molecule has 2 aromatic rings. The molecule has 0 heterocycles. The number of hydrogen-bond acceptors (Lipinski definition) is 2. The minimum Gasteiger partial charge on any atom is -0.280 e. The number of aryl methyl sites for hydroxylation is 1. The van der Waals surface area contributed by atoms with Crippen LogP contribution < -0.4 is 4.72 Å². The predicted molar refractivity (Wildman–Crippen MR) is 83.5 cm³/mol. The van der Waals surface area contributed by atoms with Crippen LogP contribution in [0.1, 0.15) is 5.56 Å². The number of anilines is 1. The minimum absolute atomic E-state index is 0.158. The Morgan fingerprint density at radius 3 is 1.95 bits per heavy atom. The van der Waals surface area contributed by atoms with E-state index in [0.717, 1.165) is 5.56 Å². The molecule has 7 heteroatoms. The Kier molecular flexibility index (Phi) is 4.49. The molecule has 0 saturated heterocycles. The Balaban J connectivity index is 2.36. The van der Waals surface area contributed by atoms with Crippen molar-refractivity contribution in [2.75, 3.05) is 4.72 Å². The summed E-state index contributed by atoms with van der Waals surface area (Å²) in [6, 6.07) is 9.30. The molecule has 106 valence electrons. The summed E-state index contributed by atoms with van der Waals surface area (Å²) in [6.45, 7) is 1.88. The lowest BCUT2D eigenvalue weighted by molar-refractivity contribution is 0.601. The van der Waals surface area contributed by atoms with Gasteiger partial charge in [0.25, 0.3) is 10.0 Å². The standard InChI is InChI=1S/C13H10Cl3NO2S/c1-8-2-4-10(5-3-8)20(18,19)17-9-6-11(14)13(16)12(15)7-9/h2-7,17H,1H3. The van der Waals surface area contributed by atoms with Gasteiger partial charge in [0, 0.05) is 0 Å². The summed E-state index contributed by atoms with van der Waals surface area (Å²) in [4.78, 5) is 0.158. The summed E-state index contributed by atoms with van der Waals surface area (Å²) < 4.78 is 26.8. The van der Waals surface area contributed by atoms with Crippen molar-refractivity contribution in [2.45, 2.75) is 11.8 Å². The van der Waals surface area contributed by atoms with Gasteiger partial charge in [0.05, 0.1) is 25.7 Å². The monoisotopic (exact) mass is 349 g/mol.